The number of esters is 1. The van der Waals surface area contributed by atoms with E-state index in [-0.39, 0.29) is 18.9 Å². The van der Waals surface area contributed by atoms with Gasteiger partial charge in [0.1, 0.15) is 18.1 Å². The van der Waals surface area contributed by atoms with E-state index in [1.807, 2.05) is 24.3 Å². The van der Waals surface area contributed by atoms with Crippen molar-refractivity contribution in [1.82, 2.24) is 4.57 Å². The smallest absolute Gasteiger partial charge is 0.355 e. The predicted octanol–water partition coefficient (Wildman–Crippen LogP) is 5.12. The van der Waals surface area contributed by atoms with Gasteiger partial charge in [-0.2, -0.15) is 0 Å². The van der Waals surface area contributed by atoms with Gasteiger partial charge in [0, 0.05) is 16.9 Å². The van der Waals surface area contributed by atoms with Crippen LogP contribution in [-0.2, 0) is 18.0 Å². The topological polar surface area (TPSA) is 131 Å². The molecule has 0 atom stereocenters. The molecule has 5 aromatic rings. The summed E-state index contributed by atoms with van der Waals surface area (Å²) in [6.45, 7) is 0.131. The molecule has 4 aromatic carbocycles. The molecule has 10 heteroatoms. The van der Waals surface area contributed by atoms with Gasteiger partial charge in [-0.25, -0.2) is 4.79 Å². The SMILES string of the molecule is COC(=O)c1c(-c2cc(OC)c(OC)c(OC)c2)c2ccc(OCc3cccc(CO)c3)cc2c(=O)n1-c1ccc(N)cc1. The minimum absolute atomic E-state index is 0.00136. The molecule has 1 heterocycles. The Kier molecular flexibility index (Phi) is 8.73. The van der Waals surface area contributed by atoms with E-state index in [9.17, 15) is 14.7 Å². The molecular weight excluding hydrogens is 564 g/mol. The number of nitrogens with two attached hydrogens (primary N) is 1. The van der Waals surface area contributed by atoms with Crippen LogP contribution >= 0.6 is 0 Å². The molecule has 0 saturated heterocycles. The normalized spacial score (nSPS) is 10.8. The fourth-order valence-electron chi connectivity index (χ4n) is 5.13. The van der Waals surface area contributed by atoms with Crippen molar-refractivity contribution in [3.05, 3.63) is 106 Å². The molecule has 0 spiro atoms. The molecule has 0 aliphatic heterocycles. The van der Waals surface area contributed by atoms with E-state index in [1.54, 1.807) is 54.6 Å². The van der Waals surface area contributed by atoms with E-state index in [4.69, 9.17) is 29.4 Å². The van der Waals surface area contributed by atoms with Crippen molar-refractivity contribution in [2.24, 2.45) is 0 Å². The van der Waals surface area contributed by atoms with Gasteiger partial charge in [0.15, 0.2) is 11.5 Å². The zero-order valence-electron chi connectivity index (χ0n) is 24.7. The van der Waals surface area contributed by atoms with E-state index >= 15 is 0 Å². The predicted molar refractivity (Wildman–Crippen MR) is 167 cm³/mol. The summed E-state index contributed by atoms with van der Waals surface area (Å²) < 4.78 is 29.3. The number of aromatic nitrogens is 1. The lowest BCUT2D eigenvalue weighted by Crippen LogP contribution is -2.27. The third-order valence-electron chi connectivity index (χ3n) is 7.22. The fraction of sp³-hybridized carbons (Fsp3) is 0.176. The van der Waals surface area contributed by atoms with Crippen LogP contribution in [0, 0.1) is 0 Å². The molecule has 10 nitrogen and oxygen atoms in total. The first kappa shape index (κ1) is 30.0. The summed E-state index contributed by atoms with van der Waals surface area (Å²) in [7, 11) is 5.75. The maximum Gasteiger partial charge on any atom is 0.355 e. The molecule has 0 aliphatic carbocycles. The Morgan fingerprint density at radius 1 is 0.818 bits per heavy atom. The van der Waals surface area contributed by atoms with Crippen molar-refractivity contribution >= 4 is 22.4 Å². The van der Waals surface area contributed by atoms with Gasteiger partial charge in [0.2, 0.25) is 5.75 Å². The minimum Gasteiger partial charge on any atom is -0.493 e. The Labute approximate surface area is 253 Å². The van der Waals surface area contributed by atoms with Crippen LogP contribution < -0.4 is 30.2 Å². The second kappa shape index (κ2) is 12.8. The Hall–Kier alpha value is -5.48. The molecule has 0 radical (unpaired) electrons. The molecule has 226 valence electrons. The summed E-state index contributed by atoms with van der Waals surface area (Å²) in [4.78, 5) is 27.8. The summed E-state index contributed by atoms with van der Waals surface area (Å²) in [5, 5.41) is 10.3. The number of pyridine rings is 1. The van der Waals surface area contributed by atoms with Crippen molar-refractivity contribution in [2.45, 2.75) is 13.2 Å². The maximum atomic E-state index is 14.3. The number of carbonyl (C=O) groups excluding carboxylic acids is 1. The average molecular weight is 597 g/mol. The molecule has 0 unspecified atom stereocenters. The quantitative estimate of drug-likeness (QED) is 0.167. The van der Waals surface area contributed by atoms with Gasteiger partial charge < -0.3 is 34.5 Å². The number of hydrogen-bond donors (Lipinski definition) is 2. The van der Waals surface area contributed by atoms with Crippen LogP contribution in [0.4, 0.5) is 5.69 Å². The highest BCUT2D eigenvalue weighted by Crippen LogP contribution is 2.44. The number of aliphatic hydroxyl groups excluding tert-OH is 1. The molecule has 0 saturated carbocycles. The lowest BCUT2D eigenvalue weighted by molar-refractivity contribution is 0.0591. The number of ether oxygens (including phenoxy) is 5. The van der Waals surface area contributed by atoms with Gasteiger partial charge in [-0.05, 0) is 76.7 Å². The number of rotatable bonds is 10. The number of benzene rings is 4. The van der Waals surface area contributed by atoms with E-state index in [2.05, 4.69) is 0 Å². The molecule has 5 rings (SSSR count). The molecule has 0 amide bonds. The van der Waals surface area contributed by atoms with Crippen molar-refractivity contribution in [1.29, 1.82) is 0 Å². The Balaban J connectivity index is 1.81. The maximum absolute atomic E-state index is 14.3. The molecule has 0 fully saturated rings. The number of aliphatic hydroxyl groups is 1. The summed E-state index contributed by atoms with van der Waals surface area (Å²) in [6, 6.07) is 22.5. The third kappa shape index (κ3) is 5.62. The standard InChI is InChI=1S/C34H32N2O8/c1-40-28-15-22(16-29(41-2)32(28)42-3)30-26-13-12-25(44-19-21-7-5-6-20(14-21)18-37)17-27(26)33(38)36(31(30)34(39)43-4)24-10-8-23(35)9-11-24/h5-17,37H,18-19,35H2,1-4H3. The van der Waals surface area contributed by atoms with E-state index in [0.717, 1.165) is 11.1 Å². The van der Waals surface area contributed by atoms with Gasteiger partial charge in [-0.1, -0.05) is 24.3 Å². The van der Waals surface area contributed by atoms with Crippen molar-refractivity contribution in [3.63, 3.8) is 0 Å². The summed E-state index contributed by atoms with van der Waals surface area (Å²) in [5.74, 6) is 0.806. The van der Waals surface area contributed by atoms with E-state index < -0.39 is 11.5 Å². The first-order chi connectivity index (χ1) is 21.3. The number of nitrogen functional groups attached to an aromatic ring is 1. The third-order valence-corrected chi connectivity index (χ3v) is 7.22. The molecule has 44 heavy (non-hydrogen) atoms. The summed E-state index contributed by atoms with van der Waals surface area (Å²) in [6.07, 6.45) is 0. The van der Waals surface area contributed by atoms with Crippen LogP contribution in [0.2, 0.25) is 0 Å². The number of hydrogen-bond acceptors (Lipinski definition) is 9. The highest BCUT2D eigenvalue weighted by molar-refractivity contribution is 6.08. The van der Waals surface area contributed by atoms with Crippen molar-refractivity contribution in [2.75, 3.05) is 34.2 Å². The lowest BCUT2D eigenvalue weighted by atomic mass is 9.95. The molecular formula is C34H32N2O8. The van der Waals surface area contributed by atoms with Gasteiger partial charge >= 0.3 is 5.97 Å². The number of methoxy groups -OCH3 is 4. The Morgan fingerprint density at radius 2 is 1.50 bits per heavy atom. The van der Waals surface area contributed by atoms with Crippen molar-refractivity contribution in [3.8, 4) is 39.8 Å². The minimum atomic E-state index is -0.728. The number of carbonyl (C=O) groups is 1. The molecule has 0 bridgehead atoms. The second-order valence-electron chi connectivity index (χ2n) is 9.84. The first-order valence-electron chi connectivity index (χ1n) is 13.6. The largest absolute Gasteiger partial charge is 0.493 e. The van der Waals surface area contributed by atoms with Crippen LogP contribution in [0.5, 0.6) is 23.0 Å². The molecule has 3 N–H and O–H groups in total. The fourth-order valence-corrected chi connectivity index (χ4v) is 5.13. The van der Waals surface area contributed by atoms with Crippen LogP contribution in [0.15, 0.2) is 83.7 Å². The highest BCUT2D eigenvalue weighted by Gasteiger charge is 2.27. The van der Waals surface area contributed by atoms with Crippen LogP contribution in [0.1, 0.15) is 21.6 Å². The van der Waals surface area contributed by atoms with Gasteiger partial charge in [0.25, 0.3) is 5.56 Å². The Morgan fingerprint density at radius 3 is 2.11 bits per heavy atom. The summed E-state index contributed by atoms with van der Waals surface area (Å²) in [5.41, 5.74) is 8.92. The number of nitrogens with zero attached hydrogens (tertiary/aromatic N) is 1. The van der Waals surface area contributed by atoms with Crippen LogP contribution in [-0.4, -0.2) is 44.1 Å². The van der Waals surface area contributed by atoms with Gasteiger partial charge in [-0.15, -0.1) is 0 Å². The van der Waals surface area contributed by atoms with Crippen molar-refractivity contribution < 1.29 is 33.6 Å². The molecule has 1 aromatic heterocycles. The Bertz CT molecular complexity index is 1870. The summed E-state index contributed by atoms with van der Waals surface area (Å²) >= 11 is 0. The van der Waals surface area contributed by atoms with E-state index in [1.165, 1.54) is 33.0 Å². The van der Waals surface area contributed by atoms with Gasteiger partial charge in [-0.3, -0.25) is 9.36 Å². The zero-order valence-corrected chi connectivity index (χ0v) is 24.7. The van der Waals surface area contributed by atoms with Crippen LogP contribution in [0.3, 0.4) is 0 Å². The average Bonchev–Trinajstić information content (AvgIpc) is 3.06. The van der Waals surface area contributed by atoms with E-state index in [0.29, 0.717) is 56.3 Å². The number of anilines is 1. The second-order valence-corrected chi connectivity index (χ2v) is 9.84. The highest BCUT2D eigenvalue weighted by atomic mass is 16.5. The number of fused-ring (bicyclic) bond motifs is 1. The van der Waals surface area contributed by atoms with Gasteiger partial charge in [0.05, 0.1) is 40.4 Å². The van der Waals surface area contributed by atoms with Crippen LogP contribution in [0.25, 0.3) is 27.6 Å². The lowest BCUT2D eigenvalue weighted by Gasteiger charge is -2.21. The monoisotopic (exact) mass is 596 g/mol. The molecule has 0 aliphatic rings. The zero-order chi connectivity index (χ0) is 31.4. The first-order valence-corrected chi connectivity index (χ1v) is 13.6.